The van der Waals surface area contributed by atoms with Crippen molar-refractivity contribution >= 4 is 50.3 Å². The first-order valence-electron chi connectivity index (χ1n) is 11.0. The summed E-state index contributed by atoms with van der Waals surface area (Å²) in [5, 5.41) is 0.212. The lowest BCUT2D eigenvalue weighted by Gasteiger charge is -2.27. The minimum atomic E-state index is -3.16. The van der Waals surface area contributed by atoms with E-state index in [0.717, 1.165) is 11.8 Å². The van der Waals surface area contributed by atoms with E-state index in [9.17, 15) is 26.8 Å². The van der Waals surface area contributed by atoms with E-state index in [2.05, 4.69) is 9.73 Å². The van der Waals surface area contributed by atoms with Gasteiger partial charge in [0.2, 0.25) is 5.91 Å². The highest BCUT2D eigenvalue weighted by atomic mass is 32.2. The zero-order valence-electron chi connectivity index (χ0n) is 19.2. The third-order valence-electron chi connectivity index (χ3n) is 5.61. The molecular formula is C23H23F2N3O6S2. The summed E-state index contributed by atoms with van der Waals surface area (Å²) in [5.41, 5.74) is 0.416. The van der Waals surface area contributed by atoms with Crippen molar-refractivity contribution in [2.75, 3.05) is 28.7 Å². The van der Waals surface area contributed by atoms with E-state index in [0.29, 0.717) is 24.4 Å². The number of anilines is 1. The molecule has 0 spiro atoms. The molecule has 1 unspecified atom stereocenters. The first-order chi connectivity index (χ1) is 17.2. The number of halogens is 2. The van der Waals surface area contributed by atoms with Gasteiger partial charge in [-0.15, -0.1) is 0 Å². The van der Waals surface area contributed by atoms with Crippen LogP contribution in [0.2, 0.25) is 0 Å². The van der Waals surface area contributed by atoms with Gasteiger partial charge in [-0.25, -0.2) is 13.4 Å². The zero-order chi connectivity index (χ0) is 25.9. The molecule has 2 amide bonds. The highest BCUT2D eigenvalue weighted by Crippen LogP contribution is 2.31. The summed E-state index contributed by atoms with van der Waals surface area (Å²) >= 11 is 1.02. The Balaban J connectivity index is 1.55. The highest BCUT2D eigenvalue weighted by molar-refractivity contribution is 8.14. The number of amides is 2. The average Bonchev–Trinajstić information content (AvgIpc) is 3.54. The number of sulfone groups is 1. The molecule has 3 heterocycles. The Labute approximate surface area is 210 Å². The molecule has 0 aliphatic carbocycles. The molecule has 1 fully saturated rings. The molecule has 1 aromatic carbocycles. The normalized spacial score (nSPS) is 20.3. The Kier molecular flexibility index (Phi) is 7.79. The molecular weight excluding hydrogens is 516 g/mol. The van der Waals surface area contributed by atoms with Gasteiger partial charge in [0.15, 0.2) is 15.0 Å². The molecule has 0 saturated carbocycles. The largest absolute Gasteiger partial charge is 0.465 e. The fraction of sp³-hybridized carbons (Fsp3) is 0.348. The van der Waals surface area contributed by atoms with E-state index in [-0.39, 0.29) is 45.8 Å². The minimum absolute atomic E-state index is 0.0514. The molecule has 1 saturated heterocycles. The van der Waals surface area contributed by atoms with E-state index in [1.165, 1.54) is 46.4 Å². The summed E-state index contributed by atoms with van der Waals surface area (Å²) in [6, 6.07) is 8.40. The number of hydrogen-bond acceptors (Lipinski definition) is 8. The lowest BCUT2D eigenvalue weighted by molar-refractivity contribution is -0.129. The molecule has 0 bridgehead atoms. The molecule has 4 rings (SSSR count). The van der Waals surface area contributed by atoms with Crippen LogP contribution in [0.1, 0.15) is 19.1 Å². The molecule has 192 valence electrons. The number of carbonyl (C=O) groups excluding carboxylic acids is 2. The fourth-order valence-corrected chi connectivity index (χ4v) is 6.60. The van der Waals surface area contributed by atoms with E-state index >= 15 is 0 Å². The molecule has 9 nitrogen and oxygen atoms in total. The number of amidine groups is 1. The average molecular weight is 540 g/mol. The predicted molar refractivity (Wildman–Crippen MR) is 132 cm³/mol. The van der Waals surface area contributed by atoms with E-state index in [4.69, 9.17) is 4.42 Å². The first-order valence-corrected chi connectivity index (χ1v) is 13.8. The van der Waals surface area contributed by atoms with Gasteiger partial charge in [0.25, 0.3) is 5.91 Å². The molecule has 2 aliphatic heterocycles. The lowest BCUT2D eigenvalue weighted by atomic mass is 10.2. The van der Waals surface area contributed by atoms with Crippen molar-refractivity contribution in [3.05, 3.63) is 54.1 Å². The number of benzene rings is 1. The third-order valence-corrected chi connectivity index (χ3v) is 8.28. The quantitative estimate of drug-likeness (QED) is 0.473. The summed E-state index contributed by atoms with van der Waals surface area (Å²) in [6.07, 6.45) is 3.30. The van der Waals surface area contributed by atoms with Gasteiger partial charge in [-0.2, -0.15) is 8.78 Å². The summed E-state index contributed by atoms with van der Waals surface area (Å²) < 4.78 is 58.4. The van der Waals surface area contributed by atoms with Crippen LogP contribution in [-0.2, 0) is 19.4 Å². The van der Waals surface area contributed by atoms with E-state index in [1.54, 1.807) is 19.1 Å². The molecule has 13 heteroatoms. The van der Waals surface area contributed by atoms with Gasteiger partial charge >= 0.3 is 6.61 Å². The van der Waals surface area contributed by atoms with Gasteiger partial charge < -0.3 is 14.1 Å². The zero-order valence-corrected chi connectivity index (χ0v) is 20.8. The second-order valence-electron chi connectivity index (χ2n) is 7.98. The van der Waals surface area contributed by atoms with Crippen molar-refractivity contribution in [2.45, 2.75) is 26.0 Å². The van der Waals surface area contributed by atoms with Gasteiger partial charge in [-0.1, -0.05) is 11.8 Å². The minimum Gasteiger partial charge on any atom is -0.465 e. The van der Waals surface area contributed by atoms with Crippen LogP contribution in [0.4, 0.5) is 14.5 Å². The SMILES string of the molecule is CCN(C(=O)CSC1=N/C(=C/c2ccco2)C(=O)N1c1ccc(OC(F)F)cc1)C1CCS(=O)(=O)C1. The van der Waals surface area contributed by atoms with Crippen LogP contribution < -0.4 is 9.64 Å². The molecule has 2 aliphatic rings. The number of thioether (sulfide) groups is 1. The number of alkyl halides is 2. The maximum absolute atomic E-state index is 13.2. The Morgan fingerprint density at radius 3 is 2.67 bits per heavy atom. The van der Waals surface area contributed by atoms with Crippen molar-refractivity contribution < 1.29 is 35.9 Å². The van der Waals surface area contributed by atoms with Crippen molar-refractivity contribution in [1.29, 1.82) is 0 Å². The Hall–Kier alpha value is -3.19. The molecule has 0 radical (unpaired) electrons. The second kappa shape index (κ2) is 10.8. The van der Waals surface area contributed by atoms with Crippen molar-refractivity contribution in [2.24, 2.45) is 4.99 Å². The van der Waals surface area contributed by atoms with Crippen LogP contribution in [0, 0.1) is 0 Å². The van der Waals surface area contributed by atoms with Crippen molar-refractivity contribution in [3.63, 3.8) is 0 Å². The van der Waals surface area contributed by atoms with Gasteiger partial charge in [0.05, 0.1) is 29.2 Å². The van der Waals surface area contributed by atoms with Crippen LogP contribution in [-0.4, -0.2) is 66.8 Å². The monoisotopic (exact) mass is 539 g/mol. The summed E-state index contributed by atoms with van der Waals surface area (Å²) in [7, 11) is -3.16. The Morgan fingerprint density at radius 2 is 2.08 bits per heavy atom. The smallest absolute Gasteiger partial charge is 0.387 e. The van der Waals surface area contributed by atoms with E-state index < -0.39 is 22.4 Å². The van der Waals surface area contributed by atoms with Crippen molar-refractivity contribution in [3.8, 4) is 5.75 Å². The molecule has 1 atom stereocenters. The van der Waals surface area contributed by atoms with Crippen LogP contribution in [0.5, 0.6) is 5.75 Å². The number of nitrogens with zero attached hydrogens (tertiary/aromatic N) is 3. The van der Waals surface area contributed by atoms with Gasteiger partial charge in [-0.3, -0.25) is 14.5 Å². The summed E-state index contributed by atoms with van der Waals surface area (Å²) in [6.45, 7) is -0.852. The molecule has 1 aromatic heterocycles. The molecule has 36 heavy (non-hydrogen) atoms. The Bertz CT molecular complexity index is 1280. The predicted octanol–water partition coefficient (Wildman–Crippen LogP) is 3.39. The molecule has 0 N–H and O–H groups in total. The number of carbonyl (C=O) groups is 2. The molecule has 2 aromatic rings. The van der Waals surface area contributed by atoms with Gasteiger partial charge in [-0.05, 0) is 49.7 Å². The first kappa shape index (κ1) is 25.9. The number of hydrogen-bond donors (Lipinski definition) is 0. The maximum atomic E-state index is 13.2. The van der Waals surface area contributed by atoms with Gasteiger partial charge in [0.1, 0.15) is 17.2 Å². The second-order valence-corrected chi connectivity index (χ2v) is 11.1. The highest BCUT2D eigenvalue weighted by Gasteiger charge is 2.36. The van der Waals surface area contributed by atoms with Crippen LogP contribution in [0.15, 0.2) is 57.8 Å². The standard InChI is InChI=1S/C23H23F2N3O6S2/c1-2-27(16-9-11-36(31,32)14-16)20(29)13-35-23-26-19(12-18-4-3-10-33-18)21(30)28(23)15-5-7-17(8-6-15)34-22(24)25/h3-8,10,12,16,22H,2,9,11,13-14H2,1H3/b19-12+. The number of rotatable bonds is 8. The maximum Gasteiger partial charge on any atom is 0.387 e. The summed E-state index contributed by atoms with van der Waals surface area (Å²) in [4.78, 5) is 33.4. The van der Waals surface area contributed by atoms with Crippen LogP contribution in [0.3, 0.4) is 0 Å². The van der Waals surface area contributed by atoms with Gasteiger partial charge in [0, 0.05) is 18.7 Å². The third kappa shape index (κ3) is 5.95. The van der Waals surface area contributed by atoms with E-state index in [1.807, 2.05) is 0 Å². The number of aliphatic imine (C=N–C) groups is 1. The van der Waals surface area contributed by atoms with Crippen LogP contribution >= 0.6 is 11.8 Å². The lowest BCUT2D eigenvalue weighted by Crippen LogP contribution is -2.42. The summed E-state index contributed by atoms with van der Waals surface area (Å²) in [5.74, 6) is -0.514. The van der Waals surface area contributed by atoms with Crippen LogP contribution in [0.25, 0.3) is 6.08 Å². The number of furan rings is 1. The topological polar surface area (TPSA) is 109 Å². The number of ether oxygens (including phenoxy) is 1. The van der Waals surface area contributed by atoms with Crippen molar-refractivity contribution in [1.82, 2.24) is 4.90 Å². The fourth-order valence-electron chi connectivity index (χ4n) is 3.97. The Morgan fingerprint density at radius 1 is 1.33 bits per heavy atom.